The molecule has 104 valence electrons. The maximum absolute atomic E-state index is 13.3. The molecule has 2 aromatic carbocycles. The molecule has 2 N–H and O–H groups in total. The van der Waals surface area contributed by atoms with Gasteiger partial charge in [0.05, 0.1) is 12.2 Å². The van der Waals surface area contributed by atoms with Gasteiger partial charge in [-0.05, 0) is 29.3 Å². The molecule has 0 aliphatic heterocycles. The number of aromatic carboxylic acids is 1. The molecule has 0 aliphatic rings. The van der Waals surface area contributed by atoms with Crippen LogP contribution in [0.2, 0.25) is 0 Å². The van der Waals surface area contributed by atoms with Crippen LogP contribution in [0, 0.1) is 5.82 Å². The lowest BCUT2D eigenvalue weighted by Crippen LogP contribution is -2.00. The van der Waals surface area contributed by atoms with Gasteiger partial charge in [-0.2, -0.15) is 0 Å². The molecule has 2 rings (SSSR count). The summed E-state index contributed by atoms with van der Waals surface area (Å²) in [6, 6.07) is 11.5. The Bertz CT molecular complexity index is 611. The van der Waals surface area contributed by atoms with Crippen LogP contribution in [0.4, 0.5) is 4.39 Å². The Morgan fingerprint density at radius 2 is 1.75 bits per heavy atom. The number of carboxylic acid groups (broad SMARTS) is 1. The van der Waals surface area contributed by atoms with E-state index in [9.17, 15) is 9.18 Å². The van der Waals surface area contributed by atoms with Crippen LogP contribution in [-0.4, -0.2) is 16.2 Å². The van der Waals surface area contributed by atoms with Crippen molar-refractivity contribution in [2.24, 2.45) is 0 Å². The number of carboxylic acids is 1. The molecule has 0 spiro atoms. The molecule has 0 unspecified atom stereocenters. The van der Waals surface area contributed by atoms with Crippen molar-refractivity contribution in [3.63, 3.8) is 0 Å². The highest BCUT2D eigenvalue weighted by molar-refractivity contribution is 7.98. The smallest absolute Gasteiger partial charge is 0.338 e. The Labute approximate surface area is 120 Å². The van der Waals surface area contributed by atoms with Crippen molar-refractivity contribution in [1.29, 1.82) is 0 Å². The fraction of sp³-hybridized carbons (Fsp3) is 0.133. The van der Waals surface area contributed by atoms with E-state index in [0.29, 0.717) is 10.6 Å². The maximum atomic E-state index is 13.3. The van der Waals surface area contributed by atoms with Crippen molar-refractivity contribution >= 4 is 17.7 Å². The second-order valence-electron chi connectivity index (χ2n) is 4.21. The van der Waals surface area contributed by atoms with Crippen LogP contribution in [0.15, 0.2) is 47.4 Å². The van der Waals surface area contributed by atoms with E-state index in [2.05, 4.69) is 0 Å². The minimum atomic E-state index is -1.27. The predicted octanol–water partition coefficient (Wildman–Crippen LogP) is 3.31. The van der Waals surface area contributed by atoms with Gasteiger partial charge in [0.1, 0.15) is 5.82 Å². The second-order valence-corrected chi connectivity index (χ2v) is 5.26. The number of aliphatic hydroxyl groups excluding tert-OH is 1. The Kier molecular flexibility index (Phi) is 4.76. The van der Waals surface area contributed by atoms with Gasteiger partial charge in [0.2, 0.25) is 0 Å². The zero-order valence-electron chi connectivity index (χ0n) is 10.5. The number of benzene rings is 2. The van der Waals surface area contributed by atoms with E-state index >= 15 is 0 Å². The third-order valence-electron chi connectivity index (χ3n) is 2.78. The summed E-state index contributed by atoms with van der Waals surface area (Å²) in [5, 5.41) is 17.8. The van der Waals surface area contributed by atoms with E-state index in [1.807, 2.05) is 24.3 Å². The average Bonchev–Trinajstić information content (AvgIpc) is 2.46. The van der Waals surface area contributed by atoms with E-state index < -0.39 is 11.8 Å². The summed E-state index contributed by atoms with van der Waals surface area (Å²) in [6.45, 7) is 0.00730. The topological polar surface area (TPSA) is 57.5 Å². The largest absolute Gasteiger partial charge is 0.478 e. The molecule has 20 heavy (non-hydrogen) atoms. The Balaban J connectivity index is 2.06. The number of hydrogen-bond donors (Lipinski definition) is 2. The standard InChI is InChI=1S/C15H13FO3S/c16-14-6-5-12(7-13(14)15(18)19)20-9-11-3-1-10(8-17)2-4-11/h1-7,17H,8-9H2,(H,18,19). The number of aliphatic hydroxyl groups is 1. The van der Waals surface area contributed by atoms with Crippen LogP contribution in [0.25, 0.3) is 0 Å². The molecule has 0 atom stereocenters. The third-order valence-corrected chi connectivity index (χ3v) is 3.84. The molecule has 3 nitrogen and oxygen atoms in total. The quantitative estimate of drug-likeness (QED) is 0.830. The summed E-state index contributed by atoms with van der Waals surface area (Å²) in [7, 11) is 0. The third kappa shape index (κ3) is 3.59. The summed E-state index contributed by atoms with van der Waals surface area (Å²) < 4.78 is 13.3. The van der Waals surface area contributed by atoms with Crippen molar-refractivity contribution < 1.29 is 19.4 Å². The average molecular weight is 292 g/mol. The second kappa shape index (κ2) is 6.54. The van der Waals surface area contributed by atoms with E-state index in [-0.39, 0.29) is 12.2 Å². The van der Waals surface area contributed by atoms with Gasteiger partial charge < -0.3 is 10.2 Å². The first-order chi connectivity index (χ1) is 9.60. The van der Waals surface area contributed by atoms with Crippen LogP contribution in [-0.2, 0) is 12.4 Å². The van der Waals surface area contributed by atoms with E-state index in [4.69, 9.17) is 10.2 Å². The lowest BCUT2D eigenvalue weighted by molar-refractivity contribution is 0.0691. The maximum Gasteiger partial charge on any atom is 0.338 e. The van der Waals surface area contributed by atoms with Gasteiger partial charge in [-0.1, -0.05) is 24.3 Å². The van der Waals surface area contributed by atoms with Crippen LogP contribution in [0.1, 0.15) is 21.5 Å². The highest BCUT2D eigenvalue weighted by atomic mass is 32.2. The number of rotatable bonds is 5. The fourth-order valence-corrected chi connectivity index (χ4v) is 2.56. The summed E-state index contributed by atoms with van der Waals surface area (Å²) in [5.41, 5.74) is 1.58. The van der Waals surface area contributed by atoms with Crippen molar-refractivity contribution in [3.05, 3.63) is 65.0 Å². The minimum absolute atomic E-state index is 0.00730. The SMILES string of the molecule is O=C(O)c1cc(SCc2ccc(CO)cc2)ccc1F. The summed E-state index contributed by atoms with van der Waals surface area (Å²) in [5.74, 6) is -1.34. The highest BCUT2D eigenvalue weighted by Gasteiger charge is 2.10. The monoisotopic (exact) mass is 292 g/mol. The van der Waals surface area contributed by atoms with Gasteiger partial charge >= 0.3 is 5.97 Å². The molecule has 0 aromatic heterocycles. The molecule has 0 amide bonds. The first kappa shape index (κ1) is 14.6. The van der Waals surface area contributed by atoms with Crippen molar-refractivity contribution in [2.45, 2.75) is 17.3 Å². The zero-order chi connectivity index (χ0) is 14.5. The number of carbonyl (C=O) groups is 1. The molecule has 0 heterocycles. The minimum Gasteiger partial charge on any atom is -0.478 e. The highest BCUT2D eigenvalue weighted by Crippen LogP contribution is 2.25. The van der Waals surface area contributed by atoms with Gasteiger partial charge in [0, 0.05) is 10.6 Å². The van der Waals surface area contributed by atoms with Crippen LogP contribution in [0.5, 0.6) is 0 Å². The lowest BCUT2D eigenvalue weighted by Gasteiger charge is -2.05. The molecule has 0 saturated heterocycles. The van der Waals surface area contributed by atoms with Crippen molar-refractivity contribution in [2.75, 3.05) is 0 Å². The van der Waals surface area contributed by atoms with Crippen molar-refractivity contribution in [3.8, 4) is 0 Å². The predicted molar refractivity (Wildman–Crippen MR) is 75.3 cm³/mol. The zero-order valence-corrected chi connectivity index (χ0v) is 11.4. The number of thioether (sulfide) groups is 1. The molecular formula is C15H13FO3S. The van der Waals surface area contributed by atoms with Gasteiger partial charge in [-0.15, -0.1) is 11.8 Å². The Morgan fingerprint density at radius 3 is 2.35 bits per heavy atom. The fourth-order valence-electron chi connectivity index (χ4n) is 1.67. The first-order valence-corrected chi connectivity index (χ1v) is 6.93. The van der Waals surface area contributed by atoms with Gasteiger partial charge in [0.15, 0.2) is 0 Å². The van der Waals surface area contributed by atoms with E-state index in [0.717, 1.165) is 11.1 Å². The molecule has 5 heteroatoms. The van der Waals surface area contributed by atoms with Gasteiger partial charge in [-0.25, -0.2) is 9.18 Å². The van der Waals surface area contributed by atoms with Crippen LogP contribution < -0.4 is 0 Å². The molecule has 0 fully saturated rings. The Morgan fingerprint density at radius 1 is 1.10 bits per heavy atom. The number of halogens is 1. The molecule has 0 saturated carbocycles. The Hall–Kier alpha value is -1.85. The first-order valence-electron chi connectivity index (χ1n) is 5.94. The van der Waals surface area contributed by atoms with Gasteiger partial charge in [0.25, 0.3) is 0 Å². The number of hydrogen-bond acceptors (Lipinski definition) is 3. The molecule has 0 radical (unpaired) electrons. The summed E-state index contributed by atoms with van der Waals surface area (Å²) >= 11 is 1.43. The summed E-state index contributed by atoms with van der Waals surface area (Å²) in [4.78, 5) is 11.5. The van der Waals surface area contributed by atoms with E-state index in [1.54, 1.807) is 6.07 Å². The van der Waals surface area contributed by atoms with Gasteiger partial charge in [-0.3, -0.25) is 0 Å². The molecule has 2 aromatic rings. The molecule has 0 bridgehead atoms. The lowest BCUT2D eigenvalue weighted by atomic mass is 10.2. The van der Waals surface area contributed by atoms with E-state index in [1.165, 1.54) is 23.9 Å². The normalized spacial score (nSPS) is 10.5. The van der Waals surface area contributed by atoms with Crippen molar-refractivity contribution in [1.82, 2.24) is 0 Å². The molecule has 0 aliphatic carbocycles. The van der Waals surface area contributed by atoms with Crippen LogP contribution in [0.3, 0.4) is 0 Å². The molecular weight excluding hydrogens is 279 g/mol. The van der Waals surface area contributed by atoms with Crippen LogP contribution >= 0.6 is 11.8 Å². The summed E-state index contributed by atoms with van der Waals surface area (Å²) in [6.07, 6.45) is 0.